The van der Waals surface area contributed by atoms with E-state index in [0.717, 1.165) is 58.5 Å². The zero-order valence-corrected chi connectivity index (χ0v) is 12.5. The van der Waals surface area contributed by atoms with E-state index in [1.807, 2.05) is 6.08 Å². The predicted molar refractivity (Wildman–Crippen MR) is 80.2 cm³/mol. The Kier molecular flexibility index (Phi) is 7.75. The van der Waals surface area contributed by atoms with Crippen LogP contribution in [0.25, 0.3) is 0 Å². The number of hydrogen-bond acceptors (Lipinski definition) is 3. The standard InChI is InChI=1S/C15H29N3O/c1-4-10-16-11-9-14-7-8-15(19)18(14)13-12-17(5-2)6-3/h4,14,16H,1,5-13H2,2-3H3. The average molecular weight is 267 g/mol. The van der Waals surface area contributed by atoms with Gasteiger partial charge < -0.3 is 15.1 Å². The number of carbonyl (C=O) groups is 1. The quantitative estimate of drug-likeness (QED) is 0.481. The van der Waals surface area contributed by atoms with Crippen LogP contribution in [0.1, 0.15) is 33.1 Å². The minimum atomic E-state index is 0.334. The molecule has 1 aliphatic heterocycles. The second kappa shape index (κ2) is 9.10. The summed E-state index contributed by atoms with van der Waals surface area (Å²) in [6.07, 6.45) is 4.67. The molecule has 0 aliphatic carbocycles. The van der Waals surface area contributed by atoms with Gasteiger partial charge in [-0.3, -0.25) is 4.79 Å². The molecule has 0 radical (unpaired) electrons. The van der Waals surface area contributed by atoms with Crippen molar-refractivity contribution >= 4 is 5.91 Å². The number of amides is 1. The van der Waals surface area contributed by atoms with Crippen molar-refractivity contribution in [2.75, 3.05) is 39.3 Å². The van der Waals surface area contributed by atoms with Crippen LogP contribution in [0.4, 0.5) is 0 Å². The Balaban J connectivity index is 2.34. The first-order valence-electron chi connectivity index (χ1n) is 7.56. The van der Waals surface area contributed by atoms with E-state index >= 15 is 0 Å². The molecule has 0 aromatic carbocycles. The SMILES string of the molecule is C=CCNCCC1CCC(=O)N1CCN(CC)CC. The highest BCUT2D eigenvalue weighted by molar-refractivity contribution is 5.78. The molecule has 1 rings (SSSR count). The maximum absolute atomic E-state index is 11.9. The van der Waals surface area contributed by atoms with Crippen molar-refractivity contribution in [2.45, 2.75) is 39.2 Å². The summed E-state index contributed by atoms with van der Waals surface area (Å²) in [6, 6.07) is 0.431. The minimum absolute atomic E-state index is 0.334. The van der Waals surface area contributed by atoms with Crippen molar-refractivity contribution in [3.63, 3.8) is 0 Å². The van der Waals surface area contributed by atoms with Crippen LogP contribution in [0.15, 0.2) is 12.7 Å². The highest BCUT2D eigenvalue weighted by Crippen LogP contribution is 2.20. The number of likely N-dealkylation sites (tertiary alicyclic amines) is 1. The Bertz CT molecular complexity index is 277. The summed E-state index contributed by atoms with van der Waals surface area (Å²) < 4.78 is 0. The van der Waals surface area contributed by atoms with Crippen molar-refractivity contribution in [1.82, 2.24) is 15.1 Å². The summed E-state index contributed by atoms with van der Waals surface area (Å²) >= 11 is 0. The van der Waals surface area contributed by atoms with E-state index in [1.54, 1.807) is 0 Å². The van der Waals surface area contributed by atoms with E-state index < -0.39 is 0 Å². The molecule has 0 saturated carbocycles. The maximum atomic E-state index is 11.9. The molecular formula is C15H29N3O. The zero-order valence-electron chi connectivity index (χ0n) is 12.5. The molecule has 1 N–H and O–H groups in total. The lowest BCUT2D eigenvalue weighted by molar-refractivity contribution is -0.129. The smallest absolute Gasteiger partial charge is 0.222 e. The van der Waals surface area contributed by atoms with E-state index in [9.17, 15) is 4.79 Å². The predicted octanol–water partition coefficient (Wildman–Crippen LogP) is 1.48. The number of nitrogens with one attached hydrogen (secondary N) is 1. The molecule has 1 heterocycles. The lowest BCUT2D eigenvalue weighted by Gasteiger charge is -2.28. The first kappa shape index (κ1) is 16.2. The van der Waals surface area contributed by atoms with Crippen molar-refractivity contribution in [2.24, 2.45) is 0 Å². The van der Waals surface area contributed by atoms with E-state index in [2.05, 4.69) is 35.5 Å². The van der Waals surface area contributed by atoms with Crippen LogP contribution in [-0.2, 0) is 4.79 Å². The van der Waals surface area contributed by atoms with Gasteiger partial charge in [-0.25, -0.2) is 0 Å². The maximum Gasteiger partial charge on any atom is 0.222 e. The van der Waals surface area contributed by atoms with Gasteiger partial charge in [-0.05, 0) is 32.5 Å². The van der Waals surface area contributed by atoms with Crippen LogP contribution in [0.5, 0.6) is 0 Å². The average Bonchev–Trinajstić information content (AvgIpc) is 2.77. The third kappa shape index (κ3) is 5.33. The zero-order chi connectivity index (χ0) is 14.1. The second-order valence-corrected chi connectivity index (χ2v) is 5.09. The van der Waals surface area contributed by atoms with Crippen molar-refractivity contribution in [3.05, 3.63) is 12.7 Å². The van der Waals surface area contributed by atoms with E-state index in [-0.39, 0.29) is 0 Å². The van der Waals surface area contributed by atoms with Crippen LogP contribution in [0, 0.1) is 0 Å². The molecule has 0 spiro atoms. The molecule has 19 heavy (non-hydrogen) atoms. The molecule has 1 saturated heterocycles. The molecule has 1 aliphatic rings. The first-order chi connectivity index (χ1) is 9.22. The lowest BCUT2D eigenvalue weighted by Crippen LogP contribution is -2.41. The highest BCUT2D eigenvalue weighted by Gasteiger charge is 2.30. The van der Waals surface area contributed by atoms with Crippen LogP contribution in [0.2, 0.25) is 0 Å². The van der Waals surface area contributed by atoms with Crippen molar-refractivity contribution < 1.29 is 4.79 Å². The third-order valence-corrected chi connectivity index (χ3v) is 3.95. The largest absolute Gasteiger partial charge is 0.338 e. The summed E-state index contributed by atoms with van der Waals surface area (Å²) in [5, 5.41) is 3.32. The van der Waals surface area contributed by atoms with Crippen LogP contribution in [-0.4, -0.2) is 61.0 Å². The molecule has 1 amide bonds. The Labute approximate surface area is 117 Å². The topological polar surface area (TPSA) is 35.6 Å². The monoisotopic (exact) mass is 267 g/mol. The summed E-state index contributed by atoms with van der Waals surface area (Å²) in [6.45, 7) is 13.8. The summed E-state index contributed by atoms with van der Waals surface area (Å²) in [5.41, 5.74) is 0. The molecule has 0 aromatic rings. The summed E-state index contributed by atoms with van der Waals surface area (Å²) in [5.74, 6) is 0.334. The fraction of sp³-hybridized carbons (Fsp3) is 0.800. The fourth-order valence-corrected chi connectivity index (χ4v) is 2.66. The van der Waals surface area contributed by atoms with Gasteiger partial charge in [-0.2, -0.15) is 0 Å². The highest BCUT2D eigenvalue weighted by atomic mass is 16.2. The molecular weight excluding hydrogens is 238 g/mol. The Morgan fingerprint density at radius 2 is 2.21 bits per heavy atom. The number of hydrogen-bond donors (Lipinski definition) is 1. The molecule has 110 valence electrons. The van der Waals surface area contributed by atoms with Gasteiger partial charge in [0.1, 0.15) is 0 Å². The number of nitrogens with zero attached hydrogens (tertiary/aromatic N) is 2. The Morgan fingerprint density at radius 1 is 1.47 bits per heavy atom. The van der Waals surface area contributed by atoms with Gasteiger partial charge in [0.15, 0.2) is 0 Å². The number of carbonyl (C=O) groups excluding carboxylic acids is 1. The number of likely N-dealkylation sites (N-methyl/N-ethyl adjacent to an activating group) is 1. The second-order valence-electron chi connectivity index (χ2n) is 5.09. The first-order valence-corrected chi connectivity index (χ1v) is 7.56. The molecule has 1 unspecified atom stereocenters. The number of rotatable bonds is 10. The van der Waals surface area contributed by atoms with Crippen molar-refractivity contribution in [3.8, 4) is 0 Å². The fourth-order valence-electron chi connectivity index (χ4n) is 2.66. The Hall–Kier alpha value is -0.870. The van der Waals surface area contributed by atoms with Gasteiger partial charge in [-0.15, -0.1) is 6.58 Å². The Morgan fingerprint density at radius 3 is 2.84 bits per heavy atom. The molecule has 4 nitrogen and oxygen atoms in total. The molecule has 1 fully saturated rings. The molecule has 1 atom stereocenters. The summed E-state index contributed by atoms with van der Waals surface area (Å²) in [4.78, 5) is 16.4. The third-order valence-electron chi connectivity index (χ3n) is 3.95. The molecule has 0 bridgehead atoms. The van der Waals surface area contributed by atoms with Crippen molar-refractivity contribution in [1.29, 1.82) is 0 Å². The van der Waals surface area contributed by atoms with Gasteiger partial charge in [0.25, 0.3) is 0 Å². The van der Waals surface area contributed by atoms with Gasteiger partial charge in [0, 0.05) is 32.1 Å². The lowest BCUT2D eigenvalue weighted by atomic mass is 10.1. The molecule has 4 heteroatoms. The minimum Gasteiger partial charge on any atom is -0.338 e. The van der Waals surface area contributed by atoms with Crippen LogP contribution < -0.4 is 5.32 Å². The van der Waals surface area contributed by atoms with E-state index in [0.29, 0.717) is 11.9 Å². The van der Waals surface area contributed by atoms with Gasteiger partial charge in [0.2, 0.25) is 5.91 Å². The normalized spacial score (nSPS) is 19.4. The molecule has 0 aromatic heterocycles. The van der Waals surface area contributed by atoms with Gasteiger partial charge in [-0.1, -0.05) is 19.9 Å². The van der Waals surface area contributed by atoms with E-state index in [4.69, 9.17) is 0 Å². The van der Waals surface area contributed by atoms with Gasteiger partial charge in [0.05, 0.1) is 0 Å². The summed E-state index contributed by atoms with van der Waals surface area (Å²) in [7, 11) is 0. The van der Waals surface area contributed by atoms with Crippen LogP contribution >= 0.6 is 0 Å². The van der Waals surface area contributed by atoms with Gasteiger partial charge >= 0.3 is 0 Å². The van der Waals surface area contributed by atoms with E-state index in [1.165, 1.54) is 0 Å². The van der Waals surface area contributed by atoms with Crippen LogP contribution in [0.3, 0.4) is 0 Å².